The lowest BCUT2D eigenvalue weighted by atomic mass is 9.95. The predicted molar refractivity (Wildman–Crippen MR) is 104 cm³/mol. The Labute approximate surface area is 156 Å². The molecule has 2 unspecified atom stereocenters. The third kappa shape index (κ3) is 5.31. The Balaban J connectivity index is 1.47. The van der Waals surface area contributed by atoms with Crippen molar-refractivity contribution in [3.8, 4) is 0 Å². The molecule has 3 N–H and O–H groups in total. The maximum Gasteiger partial charge on any atom is 0.237 e. The van der Waals surface area contributed by atoms with E-state index in [2.05, 4.69) is 22.9 Å². The van der Waals surface area contributed by atoms with Crippen molar-refractivity contribution in [2.75, 3.05) is 5.32 Å². The molecule has 2 fully saturated rings. The van der Waals surface area contributed by atoms with Gasteiger partial charge in [-0.1, -0.05) is 31.4 Å². The van der Waals surface area contributed by atoms with E-state index in [9.17, 15) is 9.59 Å². The number of nitrogens with one attached hydrogen (secondary N) is 3. The smallest absolute Gasteiger partial charge is 0.237 e. The predicted octanol–water partition coefficient (Wildman–Crippen LogP) is 3.52. The summed E-state index contributed by atoms with van der Waals surface area (Å²) in [6, 6.07) is 8.04. The summed E-state index contributed by atoms with van der Waals surface area (Å²) in [6.07, 6.45) is 7.93. The molecule has 1 aromatic carbocycles. The van der Waals surface area contributed by atoms with Crippen molar-refractivity contribution in [2.24, 2.45) is 5.92 Å². The first-order valence-electron chi connectivity index (χ1n) is 10.00. The molecule has 0 radical (unpaired) electrons. The summed E-state index contributed by atoms with van der Waals surface area (Å²) in [5.41, 5.74) is 1.94. The molecule has 26 heavy (non-hydrogen) atoms. The number of carbonyl (C=O) groups is 2. The number of anilines is 1. The van der Waals surface area contributed by atoms with Crippen molar-refractivity contribution < 1.29 is 9.59 Å². The number of hydrogen-bond donors (Lipinski definition) is 3. The quantitative estimate of drug-likeness (QED) is 0.699. The standard InChI is InChI=1S/C21H31N3O2/c1-14(22-15(2)20(25)23-18-6-4-3-5-7-18)16-10-12-19(13-11-16)24-21(26)17-8-9-17/h10-15,17-18,22H,3-9H2,1-2H3,(H,23,25)(H,24,26). The van der Waals surface area contributed by atoms with Gasteiger partial charge in [-0.3, -0.25) is 14.9 Å². The van der Waals surface area contributed by atoms with Gasteiger partial charge >= 0.3 is 0 Å². The molecule has 2 aliphatic carbocycles. The molecule has 5 nitrogen and oxygen atoms in total. The van der Waals surface area contributed by atoms with Crippen LogP contribution in [0.1, 0.15) is 70.4 Å². The molecule has 0 saturated heterocycles. The van der Waals surface area contributed by atoms with Crippen LogP contribution in [0.4, 0.5) is 5.69 Å². The normalized spacial score (nSPS) is 20.2. The Morgan fingerprint density at radius 2 is 1.62 bits per heavy atom. The first kappa shape index (κ1) is 18.9. The van der Waals surface area contributed by atoms with Crippen LogP contribution in [0.2, 0.25) is 0 Å². The summed E-state index contributed by atoms with van der Waals surface area (Å²) in [5.74, 6) is 0.410. The Kier molecular flexibility index (Phi) is 6.30. The minimum atomic E-state index is -0.235. The highest BCUT2D eigenvalue weighted by Gasteiger charge is 2.29. The summed E-state index contributed by atoms with van der Waals surface area (Å²) in [6.45, 7) is 3.97. The minimum Gasteiger partial charge on any atom is -0.352 e. The highest BCUT2D eigenvalue weighted by molar-refractivity contribution is 5.94. The zero-order chi connectivity index (χ0) is 18.5. The second-order valence-corrected chi connectivity index (χ2v) is 7.84. The van der Waals surface area contributed by atoms with Gasteiger partial charge in [0.15, 0.2) is 0 Å². The lowest BCUT2D eigenvalue weighted by Crippen LogP contribution is -2.47. The van der Waals surface area contributed by atoms with Crippen LogP contribution in [0.15, 0.2) is 24.3 Å². The monoisotopic (exact) mass is 357 g/mol. The average molecular weight is 357 g/mol. The highest BCUT2D eigenvalue weighted by Crippen LogP contribution is 2.30. The Bertz CT molecular complexity index is 619. The van der Waals surface area contributed by atoms with Gasteiger partial charge in [0, 0.05) is 23.7 Å². The van der Waals surface area contributed by atoms with Crippen molar-refractivity contribution in [3.63, 3.8) is 0 Å². The minimum absolute atomic E-state index is 0.0651. The molecule has 5 heteroatoms. The second kappa shape index (κ2) is 8.67. The van der Waals surface area contributed by atoms with E-state index < -0.39 is 0 Å². The van der Waals surface area contributed by atoms with E-state index in [4.69, 9.17) is 0 Å². The summed E-state index contributed by atoms with van der Waals surface area (Å²) < 4.78 is 0. The maximum atomic E-state index is 12.4. The van der Waals surface area contributed by atoms with Crippen molar-refractivity contribution in [3.05, 3.63) is 29.8 Å². The Hall–Kier alpha value is -1.88. The number of amides is 2. The molecule has 0 spiro atoms. The van der Waals surface area contributed by atoms with Crippen LogP contribution in [-0.2, 0) is 9.59 Å². The molecule has 0 aromatic heterocycles. The molecular formula is C21H31N3O2. The van der Waals surface area contributed by atoms with Crippen molar-refractivity contribution in [1.29, 1.82) is 0 Å². The van der Waals surface area contributed by atoms with Gasteiger partial charge in [0.2, 0.25) is 11.8 Å². The maximum absolute atomic E-state index is 12.4. The molecule has 2 atom stereocenters. The first-order chi connectivity index (χ1) is 12.5. The fourth-order valence-corrected chi connectivity index (χ4v) is 3.56. The third-order valence-electron chi connectivity index (χ3n) is 5.47. The van der Waals surface area contributed by atoms with Crippen molar-refractivity contribution >= 4 is 17.5 Å². The summed E-state index contributed by atoms with van der Waals surface area (Å²) in [7, 11) is 0. The molecule has 1 aromatic rings. The third-order valence-corrected chi connectivity index (χ3v) is 5.47. The van der Waals surface area contributed by atoms with E-state index in [1.165, 1.54) is 19.3 Å². The summed E-state index contributed by atoms with van der Waals surface area (Å²) in [5, 5.41) is 9.50. The molecule has 0 bridgehead atoms. The zero-order valence-electron chi connectivity index (χ0n) is 15.9. The molecule has 0 aliphatic heterocycles. The van der Waals surface area contributed by atoms with Crippen molar-refractivity contribution in [2.45, 2.75) is 76.9 Å². The molecule has 3 rings (SSSR count). The van der Waals surface area contributed by atoms with Crippen LogP contribution in [0, 0.1) is 5.92 Å². The van der Waals surface area contributed by atoms with Gasteiger partial charge in [-0.25, -0.2) is 0 Å². The van der Waals surface area contributed by atoms with Gasteiger partial charge in [0.1, 0.15) is 0 Å². The van der Waals surface area contributed by atoms with E-state index in [1.807, 2.05) is 31.2 Å². The van der Waals surface area contributed by atoms with Crippen LogP contribution in [0.25, 0.3) is 0 Å². The first-order valence-corrected chi connectivity index (χ1v) is 10.00. The lowest BCUT2D eigenvalue weighted by molar-refractivity contribution is -0.124. The second-order valence-electron chi connectivity index (χ2n) is 7.84. The summed E-state index contributed by atoms with van der Waals surface area (Å²) in [4.78, 5) is 24.2. The average Bonchev–Trinajstić information content (AvgIpc) is 3.48. The van der Waals surface area contributed by atoms with E-state index >= 15 is 0 Å². The van der Waals surface area contributed by atoms with E-state index in [0.717, 1.165) is 36.9 Å². The largest absolute Gasteiger partial charge is 0.352 e. The zero-order valence-corrected chi connectivity index (χ0v) is 15.9. The topological polar surface area (TPSA) is 70.2 Å². The van der Waals surface area contributed by atoms with Gasteiger partial charge in [0.05, 0.1) is 6.04 Å². The van der Waals surface area contributed by atoms with E-state index in [-0.39, 0.29) is 29.8 Å². The van der Waals surface area contributed by atoms with Gasteiger partial charge in [-0.15, -0.1) is 0 Å². The molecule has 142 valence electrons. The van der Waals surface area contributed by atoms with Gasteiger partial charge in [-0.2, -0.15) is 0 Å². The lowest BCUT2D eigenvalue weighted by Gasteiger charge is -2.26. The SMILES string of the molecule is CC(NC(C)c1ccc(NC(=O)C2CC2)cc1)C(=O)NC1CCCCC1. The Morgan fingerprint density at radius 1 is 0.962 bits per heavy atom. The van der Waals surface area contributed by atoms with Crippen LogP contribution in [-0.4, -0.2) is 23.9 Å². The molecule has 2 amide bonds. The van der Waals surface area contributed by atoms with Crippen LogP contribution >= 0.6 is 0 Å². The highest BCUT2D eigenvalue weighted by atomic mass is 16.2. The van der Waals surface area contributed by atoms with Crippen molar-refractivity contribution in [1.82, 2.24) is 10.6 Å². The number of hydrogen-bond acceptors (Lipinski definition) is 3. The van der Waals surface area contributed by atoms with Gasteiger partial charge in [0.25, 0.3) is 0 Å². The molecule has 2 saturated carbocycles. The Morgan fingerprint density at radius 3 is 2.23 bits per heavy atom. The van der Waals surface area contributed by atoms with Crippen LogP contribution in [0.3, 0.4) is 0 Å². The fraction of sp³-hybridized carbons (Fsp3) is 0.619. The number of benzene rings is 1. The van der Waals surface area contributed by atoms with Gasteiger partial charge in [-0.05, 0) is 57.2 Å². The van der Waals surface area contributed by atoms with Crippen LogP contribution in [0.5, 0.6) is 0 Å². The summed E-state index contributed by atoms with van der Waals surface area (Å²) >= 11 is 0. The van der Waals surface area contributed by atoms with E-state index in [0.29, 0.717) is 6.04 Å². The van der Waals surface area contributed by atoms with E-state index in [1.54, 1.807) is 0 Å². The number of carbonyl (C=O) groups excluding carboxylic acids is 2. The fourth-order valence-electron chi connectivity index (χ4n) is 3.56. The molecule has 0 heterocycles. The molecular weight excluding hydrogens is 326 g/mol. The van der Waals surface area contributed by atoms with Gasteiger partial charge < -0.3 is 10.6 Å². The molecule has 2 aliphatic rings. The number of rotatable bonds is 7. The van der Waals surface area contributed by atoms with Crippen LogP contribution < -0.4 is 16.0 Å².